The van der Waals surface area contributed by atoms with E-state index < -0.39 is 0 Å². The van der Waals surface area contributed by atoms with Gasteiger partial charge >= 0.3 is 0 Å². The SMILES string of the molecule is CC.Cc1cnc2c(c1)C=CCC2. The van der Waals surface area contributed by atoms with Gasteiger partial charge in [-0.05, 0) is 37.0 Å². The lowest BCUT2D eigenvalue weighted by molar-refractivity contribution is 0.923. The summed E-state index contributed by atoms with van der Waals surface area (Å²) in [5.74, 6) is 0. The molecule has 0 aromatic carbocycles. The molecule has 0 saturated heterocycles. The van der Waals surface area contributed by atoms with E-state index in [0.29, 0.717) is 0 Å². The molecule has 1 aliphatic carbocycles. The fourth-order valence-corrected chi connectivity index (χ4v) is 1.40. The summed E-state index contributed by atoms with van der Waals surface area (Å²) in [6.07, 6.45) is 8.56. The first-order valence-electron chi connectivity index (χ1n) is 4.98. The zero-order valence-electron chi connectivity index (χ0n) is 8.67. The number of pyridine rings is 1. The van der Waals surface area contributed by atoms with E-state index in [9.17, 15) is 0 Å². The van der Waals surface area contributed by atoms with Crippen molar-refractivity contribution in [3.05, 3.63) is 35.2 Å². The second kappa shape index (κ2) is 4.80. The van der Waals surface area contributed by atoms with Crippen molar-refractivity contribution in [2.75, 3.05) is 0 Å². The summed E-state index contributed by atoms with van der Waals surface area (Å²) in [6, 6.07) is 2.19. The van der Waals surface area contributed by atoms with Crippen molar-refractivity contribution in [3.63, 3.8) is 0 Å². The third-order valence-corrected chi connectivity index (χ3v) is 1.99. The number of hydrogen-bond donors (Lipinski definition) is 0. The summed E-state index contributed by atoms with van der Waals surface area (Å²) in [5, 5.41) is 0. The molecule has 0 spiro atoms. The Hall–Kier alpha value is -1.11. The molecule has 2 rings (SSSR count). The highest BCUT2D eigenvalue weighted by molar-refractivity contribution is 5.54. The van der Waals surface area contributed by atoms with Crippen LogP contribution in [0.15, 0.2) is 18.3 Å². The van der Waals surface area contributed by atoms with Gasteiger partial charge < -0.3 is 0 Å². The molecule has 70 valence electrons. The van der Waals surface area contributed by atoms with Gasteiger partial charge in [-0.2, -0.15) is 0 Å². The van der Waals surface area contributed by atoms with Gasteiger partial charge in [-0.1, -0.05) is 26.0 Å². The lowest BCUT2D eigenvalue weighted by atomic mass is 10.0. The molecule has 0 N–H and O–H groups in total. The van der Waals surface area contributed by atoms with Gasteiger partial charge in [0.05, 0.1) is 0 Å². The molecule has 0 radical (unpaired) electrons. The predicted molar refractivity (Wildman–Crippen MR) is 57.7 cm³/mol. The van der Waals surface area contributed by atoms with Crippen LogP contribution in [-0.2, 0) is 6.42 Å². The molecule has 1 nitrogen and oxygen atoms in total. The van der Waals surface area contributed by atoms with Gasteiger partial charge in [0, 0.05) is 11.9 Å². The molecule has 1 aliphatic rings. The molecule has 0 amide bonds. The van der Waals surface area contributed by atoms with Crippen LogP contribution >= 0.6 is 0 Å². The lowest BCUT2D eigenvalue weighted by Crippen LogP contribution is -1.97. The van der Waals surface area contributed by atoms with Crippen LogP contribution in [0.5, 0.6) is 0 Å². The molecule has 0 bridgehead atoms. The second-order valence-electron chi connectivity index (χ2n) is 2.99. The molecule has 0 saturated carbocycles. The van der Waals surface area contributed by atoms with Gasteiger partial charge in [0.15, 0.2) is 0 Å². The maximum atomic E-state index is 4.37. The van der Waals surface area contributed by atoms with Crippen molar-refractivity contribution in [1.82, 2.24) is 4.98 Å². The maximum absolute atomic E-state index is 4.37. The van der Waals surface area contributed by atoms with Gasteiger partial charge in [0.2, 0.25) is 0 Å². The summed E-state index contributed by atoms with van der Waals surface area (Å²) in [4.78, 5) is 4.37. The number of aromatic nitrogens is 1. The number of fused-ring (bicyclic) bond motifs is 1. The minimum atomic E-state index is 1.10. The molecule has 13 heavy (non-hydrogen) atoms. The monoisotopic (exact) mass is 175 g/mol. The molecule has 1 aromatic heterocycles. The van der Waals surface area contributed by atoms with E-state index in [2.05, 4.69) is 30.1 Å². The second-order valence-corrected chi connectivity index (χ2v) is 2.99. The Morgan fingerprint density at radius 2 is 2.08 bits per heavy atom. The molecule has 0 fully saturated rings. The van der Waals surface area contributed by atoms with Crippen LogP contribution < -0.4 is 0 Å². The zero-order valence-corrected chi connectivity index (χ0v) is 8.67. The first kappa shape index (κ1) is 9.97. The van der Waals surface area contributed by atoms with Crippen LogP contribution in [-0.4, -0.2) is 4.98 Å². The summed E-state index contributed by atoms with van der Waals surface area (Å²) in [6.45, 7) is 6.08. The van der Waals surface area contributed by atoms with Crippen molar-refractivity contribution in [3.8, 4) is 0 Å². The topological polar surface area (TPSA) is 12.9 Å². The van der Waals surface area contributed by atoms with Crippen LogP contribution in [0.2, 0.25) is 0 Å². The highest BCUT2D eigenvalue weighted by atomic mass is 14.7. The maximum Gasteiger partial charge on any atom is 0.0479 e. The van der Waals surface area contributed by atoms with Crippen LogP contribution in [0.25, 0.3) is 6.08 Å². The number of hydrogen-bond acceptors (Lipinski definition) is 1. The van der Waals surface area contributed by atoms with E-state index in [0.717, 1.165) is 12.8 Å². The van der Waals surface area contributed by atoms with E-state index in [1.807, 2.05) is 20.0 Å². The van der Waals surface area contributed by atoms with Gasteiger partial charge in [0.25, 0.3) is 0 Å². The molecule has 0 unspecified atom stereocenters. The quantitative estimate of drug-likeness (QED) is 0.589. The minimum Gasteiger partial charge on any atom is -0.260 e. The molecule has 0 atom stereocenters. The highest BCUT2D eigenvalue weighted by Crippen LogP contribution is 2.17. The largest absolute Gasteiger partial charge is 0.260 e. The normalized spacial score (nSPS) is 12.8. The Kier molecular flexibility index (Phi) is 3.69. The average Bonchev–Trinajstić information content (AvgIpc) is 2.21. The minimum absolute atomic E-state index is 1.10. The van der Waals surface area contributed by atoms with Crippen molar-refractivity contribution in [2.45, 2.75) is 33.6 Å². The van der Waals surface area contributed by atoms with Gasteiger partial charge in [-0.25, -0.2) is 0 Å². The molecule has 1 aromatic rings. The summed E-state index contributed by atoms with van der Waals surface area (Å²) < 4.78 is 0. The lowest BCUT2D eigenvalue weighted by Gasteiger charge is -2.08. The Balaban J connectivity index is 0.000000396. The summed E-state index contributed by atoms with van der Waals surface area (Å²) >= 11 is 0. The standard InChI is InChI=1S/C10H11N.C2H6/c1-8-6-9-4-2-3-5-10(9)11-7-8;1-2/h2,4,6-7H,3,5H2,1H3;1-2H3. The summed E-state index contributed by atoms with van der Waals surface area (Å²) in [7, 11) is 0. The number of nitrogens with zero attached hydrogens (tertiary/aromatic N) is 1. The van der Waals surface area contributed by atoms with E-state index in [4.69, 9.17) is 0 Å². The third kappa shape index (κ3) is 2.41. The Bertz CT molecular complexity index is 300. The van der Waals surface area contributed by atoms with Crippen molar-refractivity contribution in [2.24, 2.45) is 0 Å². The number of allylic oxidation sites excluding steroid dienone is 1. The first-order valence-corrected chi connectivity index (χ1v) is 4.98. The summed E-state index contributed by atoms with van der Waals surface area (Å²) in [5.41, 5.74) is 3.80. The molecular formula is C12H17N. The number of rotatable bonds is 0. The third-order valence-electron chi connectivity index (χ3n) is 1.99. The Labute approximate surface area is 80.5 Å². The van der Waals surface area contributed by atoms with Crippen LogP contribution in [0.1, 0.15) is 37.1 Å². The average molecular weight is 175 g/mol. The predicted octanol–water partition coefficient (Wildman–Crippen LogP) is 3.38. The van der Waals surface area contributed by atoms with E-state index in [-0.39, 0.29) is 0 Å². The smallest absolute Gasteiger partial charge is 0.0479 e. The first-order chi connectivity index (χ1) is 6.36. The van der Waals surface area contributed by atoms with Crippen molar-refractivity contribution < 1.29 is 0 Å². The van der Waals surface area contributed by atoms with E-state index >= 15 is 0 Å². The van der Waals surface area contributed by atoms with E-state index in [1.54, 1.807) is 0 Å². The van der Waals surface area contributed by atoms with Gasteiger partial charge in [-0.15, -0.1) is 0 Å². The molecular weight excluding hydrogens is 158 g/mol. The zero-order chi connectivity index (χ0) is 9.68. The Morgan fingerprint density at radius 3 is 2.85 bits per heavy atom. The molecule has 1 heterocycles. The fraction of sp³-hybridized carbons (Fsp3) is 0.417. The van der Waals surface area contributed by atoms with Crippen LogP contribution in [0, 0.1) is 6.92 Å². The Morgan fingerprint density at radius 1 is 1.31 bits per heavy atom. The fourth-order valence-electron chi connectivity index (χ4n) is 1.40. The van der Waals surface area contributed by atoms with Crippen LogP contribution in [0.4, 0.5) is 0 Å². The highest BCUT2D eigenvalue weighted by Gasteiger charge is 2.04. The van der Waals surface area contributed by atoms with Crippen LogP contribution in [0.3, 0.4) is 0 Å². The van der Waals surface area contributed by atoms with Gasteiger partial charge in [0.1, 0.15) is 0 Å². The molecule has 0 aliphatic heterocycles. The van der Waals surface area contributed by atoms with Crippen molar-refractivity contribution >= 4 is 6.08 Å². The van der Waals surface area contributed by atoms with E-state index in [1.165, 1.54) is 16.8 Å². The van der Waals surface area contributed by atoms with Gasteiger partial charge in [-0.3, -0.25) is 4.98 Å². The molecule has 1 heteroatoms. The van der Waals surface area contributed by atoms with Crippen molar-refractivity contribution in [1.29, 1.82) is 0 Å². The number of aryl methyl sites for hydroxylation is 2.